The van der Waals surface area contributed by atoms with E-state index in [4.69, 9.17) is 0 Å². The summed E-state index contributed by atoms with van der Waals surface area (Å²) in [7, 11) is 0. The topological polar surface area (TPSA) is 0 Å². The summed E-state index contributed by atoms with van der Waals surface area (Å²) < 4.78 is 0. The number of hydrogen-bond donors (Lipinski definition) is 0. The lowest BCUT2D eigenvalue weighted by molar-refractivity contribution is 0.571. The Balaban J connectivity index is 3.00. The zero-order valence-electron chi connectivity index (χ0n) is 13.3. The van der Waals surface area contributed by atoms with Crippen LogP contribution in [0.5, 0.6) is 0 Å². The van der Waals surface area contributed by atoms with Crippen molar-refractivity contribution >= 4 is 0 Å². The second-order valence-corrected chi connectivity index (χ2v) is 5.66. The fraction of sp³-hybridized carbons (Fsp3) is 0.789. The fourth-order valence-corrected chi connectivity index (χ4v) is 2.36. The van der Waals surface area contributed by atoms with Gasteiger partial charge in [-0.15, -0.1) is 6.58 Å². The van der Waals surface area contributed by atoms with E-state index in [0.717, 1.165) is 0 Å². The third kappa shape index (κ3) is 17.5. The van der Waals surface area contributed by atoms with E-state index in [1.54, 1.807) is 0 Å². The minimum absolute atomic E-state index is 1.20. The van der Waals surface area contributed by atoms with Gasteiger partial charge in [-0.1, -0.05) is 76.5 Å². The van der Waals surface area contributed by atoms with Crippen LogP contribution in [0.3, 0.4) is 0 Å². The normalized spacial score (nSPS) is 11.2. The van der Waals surface area contributed by atoms with E-state index >= 15 is 0 Å². The van der Waals surface area contributed by atoms with E-state index in [1.807, 2.05) is 6.08 Å². The van der Waals surface area contributed by atoms with E-state index in [9.17, 15) is 0 Å². The molecule has 112 valence electrons. The van der Waals surface area contributed by atoms with Crippen LogP contribution in [0.25, 0.3) is 0 Å². The first-order chi connectivity index (χ1) is 9.41. The van der Waals surface area contributed by atoms with E-state index in [0.29, 0.717) is 0 Å². The summed E-state index contributed by atoms with van der Waals surface area (Å²) in [6.45, 7) is 6.03. The zero-order valence-corrected chi connectivity index (χ0v) is 13.3. The average molecular weight is 264 g/mol. The molecule has 0 atom stereocenters. The van der Waals surface area contributed by atoms with Crippen molar-refractivity contribution in [1.29, 1.82) is 0 Å². The number of hydrogen-bond acceptors (Lipinski definition) is 0. The smallest absolute Gasteiger partial charge is 0.0351 e. The molecule has 0 nitrogen and oxygen atoms in total. The van der Waals surface area contributed by atoms with Crippen LogP contribution in [0, 0.1) is 0 Å². The zero-order chi connectivity index (χ0) is 14.0. The summed E-state index contributed by atoms with van der Waals surface area (Å²) in [5.41, 5.74) is 0. The predicted octanol–water partition coefficient (Wildman–Crippen LogP) is 7.21. The molecule has 0 saturated heterocycles. The van der Waals surface area contributed by atoms with Crippen LogP contribution in [-0.2, 0) is 0 Å². The van der Waals surface area contributed by atoms with Crippen LogP contribution in [0.2, 0.25) is 0 Å². The van der Waals surface area contributed by atoms with Crippen LogP contribution in [0.4, 0.5) is 0 Å². The molecular formula is C19H36. The Morgan fingerprint density at radius 3 is 1.47 bits per heavy atom. The SMILES string of the molecule is C=CCCCCCCCCCCC=CCCCCC. The Morgan fingerprint density at radius 2 is 1.00 bits per heavy atom. The van der Waals surface area contributed by atoms with Crippen molar-refractivity contribution < 1.29 is 0 Å². The molecule has 0 fully saturated rings. The van der Waals surface area contributed by atoms with Gasteiger partial charge in [0.25, 0.3) is 0 Å². The molecule has 0 bridgehead atoms. The van der Waals surface area contributed by atoms with E-state index < -0.39 is 0 Å². The minimum Gasteiger partial charge on any atom is -0.103 e. The van der Waals surface area contributed by atoms with Crippen LogP contribution < -0.4 is 0 Å². The highest BCUT2D eigenvalue weighted by atomic mass is 14.0. The molecule has 0 aliphatic carbocycles. The van der Waals surface area contributed by atoms with E-state index in [-0.39, 0.29) is 0 Å². The quantitative estimate of drug-likeness (QED) is 0.216. The predicted molar refractivity (Wildman–Crippen MR) is 89.6 cm³/mol. The first-order valence-corrected chi connectivity index (χ1v) is 8.67. The number of unbranched alkanes of at least 4 members (excludes halogenated alkanes) is 12. The molecule has 0 radical (unpaired) electrons. The molecule has 0 aromatic rings. The molecule has 0 saturated carbocycles. The molecule has 0 spiro atoms. The van der Waals surface area contributed by atoms with Gasteiger partial charge in [0.2, 0.25) is 0 Å². The summed E-state index contributed by atoms with van der Waals surface area (Å²) in [6.07, 6.45) is 26.0. The molecule has 0 aliphatic heterocycles. The van der Waals surface area contributed by atoms with Crippen LogP contribution in [0.1, 0.15) is 96.8 Å². The Morgan fingerprint density at radius 1 is 0.579 bits per heavy atom. The number of allylic oxidation sites excluding steroid dienone is 3. The summed E-state index contributed by atoms with van der Waals surface area (Å²) in [6, 6.07) is 0. The van der Waals surface area contributed by atoms with Crippen molar-refractivity contribution in [3.63, 3.8) is 0 Å². The van der Waals surface area contributed by atoms with Gasteiger partial charge in [-0.25, -0.2) is 0 Å². The third-order valence-electron chi connectivity index (χ3n) is 3.67. The highest BCUT2D eigenvalue weighted by Gasteiger charge is 1.91. The monoisotopic (exact) mass is 264 g/mol. The Bertz CT molecular complexity index is 190. The van der Waals surface area contributed by atoms with Crippen molar-refractivity contribution in [2.45, 2.75) is 96.8 Å². The summed E-state index contributed by atoms with van der Waals surface area (Å²) in [5.74, 6) is 0. The molecule has 0 heterocycles. The summed E-state index contributed by atoms with van der Waals surface area (Å²) >= 11 is 0. The number of rotatable bonds is 15. The standard InChI is InChI=1S/C19H36/c1-3-5-7-9-11-13-15-17-19-18-16-14-12-10-8-6-4-2/h3,12,14H,1,4-11,13,15-19H2,2H3. The maximum Gasteiger partial charge on any atom is -0.0351 e. The average Bonchev–Trinajstić information content (AvgIpc) is 2.43. The lowest BCUT2D eigenvalue weighted by Gasteiger charge is -2.00. The van der Waals surface area contributed by atoms with Gasteiger partial charge in [-0.05, 0) is 38.5 Å². The molecule has 19 heavy (non-hydrogen) atoms. The molecule has 0 aromatic heterocycles. The lowest BCUT2D eigenvalue weighted by Crippen LogP contribution is -1.81. The van der Waals surface area contributed by atoms with E-state index in [2.05, 4.69) is 25.7 Å². The Kier molecular flexibility index (Phi) is 17.0. The lowest BCUT2D eigenvalue weighted by atomic mass is 10.1. The van der Waals surface area contributed by atoms with Crippen LogP contribution >= 0.6 is 0 Å². The van der Waals surface area contributed by atoms with Crippen molar-refractivity contribution in [3.05, 3.63) is 24.8 Å². The van der Waals surface area contributed by atoms with E-state index in [1.165, 1.54) is 89.9 Å². The highest BCUT2D eigenvalue weighted by Crippen LogP contribution is 2.11. The van der Waals surface area contributed by atoms with Crippen molar-refractivity contribution in [2.24, 2.45) is 0 Å². The van der Waals surface area contributed by atoms with Gasteiger partial charge < -0.3 is 0 Å². The van der Waals surface area contributed by atoms with Crippen LogP contribution in [-0.4, -0.2) is 0 Å². The minimum atomic E-state index is 1.20. The largest absolute Gasteiger partial charge is 0.103 e. The molecule has 0 aromatic carbocycles. The molecule has 0 rings (SSSR count). The van der Waals surface area contributed by atoms with Gasteiger partial charge in [0.1, 0.15) is 0 Å². The Labute approximate surface area is 122 Å². The molecule has 0 N–H and O–H groups in total. The van der Waals surface area contributed by atoms with Crippen molar-refractivity contribution in [1.82, 2.24) is 0 Å². The second-order valence-electron chi connectivity index (χ2n) is 5.66. The maximum atomic E-state index is 3.76. The summed E-state index contributed by atoms with van der Waals surface area (Å²) in [5, 5.41) is 0. The first-order valence-electron chi connectivity index (χ1n) is 8.67. The fourth-order valence-electron chi connectivity index (χ4n) is 2.36. The summed E-state index contributed by atoms with van der Waals surface area (Å²) in [4.78, 5) is 0. The third-order valence-corrected chi connectivity index (χ3v) is 3.67. The van der Waals surface area contributed by atoms with Gasteiger partial charge in [-0.2, -0.15) is 0 Å². The molecule has 0 aliphatic rings. The van der Waals surface area contributed by atoms with Gasteiger partial charge in [0, 0.05) is 0 Å². The van der Waals surface area contributed by atoms with Crippen LogP contribution in [0.15, 0.2) is 24.8 Å². The molecular weight excluding hydrogens is 228 g/mol. The van der Waals surface area contributed by atoms with Gasteiger partial charge in [0.05, 0.1) is 0 Å². The highest BCUT2D eigenvalue weighted by molar-refractivity contribution is 4.81. The molecule has 0 unspecified atom stereocenters. The van der Waals surface area contributed by atoms with Gasteiger partial charge in [-0.3, -0.25) is 0 Å². The molecule has 0 heteroatoms. The van der Waals surface area contributed by atoms with Crippen molar-refractivity contribution in [3.8, 4) is 0 Å². The van der Waals surface area contributed by atoms with Crippen molar-refractivity contribution in [2.75, 3.05) is 0 Å². The molecule has 0 amide bonds. The second kappa shape index (κ2) is 17.5. The van der Waals surface area contributed by atoms with Gasteiger partial charge >= 0.3 is 0 Å². The Hall–Kier alpha value is -0.520. The maximum absolute atomic E-state index is 3.76. The first kappa shape index (κ1) is 18.5. The van der Waals surface area contributed by atoms with Gasteiger partial charge in [0.15, 0.2) is 0 Å².